The van der Waals surface area contributed by atoms with Crippen LogP contribution in [0.25, 0.3) is 0 Å². The number of amides is 1. The topological polar surface area (TPSA) is 84.7 Å². The fraction of sp³-hybridized carbons (Fsp3) is 0.278. The Balaban J connectivity index is 2.04. The Morgan fingerprint density at radius 1 is 1.35 bits per heavy atom. The summed E-state index contributed by atoms with van der Waals surface area (Å²) in [6.07, 6.45) is 0. The van der Waals surface area contributed by atoms with E-state index in [-0.39, 0.29) is 23.9 Å². The first kappa shape index (κ1) is 19.7. The van der Waals surface area contributed by atoms with Gasteiger partial charge < -0.3 is 10.1 Å². The molecule has 2 rings (SSSR count). The van der Waals surface area contributed by atoms with Crippen LogP contribution >= 0.6 is 11.6 Å². The SMILES string of the molecule is COc1cc(NC(=O)CN(C)Cc2cccc(Cl)c2)c(C)cc1[N+](=O)[O-]. The van der Waals surface area contributed by atoms with Gasteiger partial charge in [0.2, 0.25) is 5.91 Å². The molecule has 1 N–H and O–H groups in total. The second kappa shape index (κ2) is 8.64. The fourth-order valence-corrected chi connectivity index (χ4v) is 2.76. The summed E-state index contributed by atoms with van der Waals surface area (Å²) >= 11 is 5.96. The van der Waals surface area contributed by atoms with Gasteiger partial charge in [-0.05, 0) is 37.2 Å². The first-order valence-corrected chi connectivity index (χ1v) is 8.24. The van der Waals surface area contributed by atoms with Crippen LogP contribution in [0.4, 0.5) is 11.4 Å². The highest BCUT2D eigenvalue weighted by atomic mass is 35.5. The minimum Gasteiger partial charge on any atom is -0.490 e. The summed E-state index contributed by atoms with van der Waals surface area (Å²) in [7, 11) is 3.17. The maximum atomic E-state index is 12.3. The lowest BCUT2D eigenvalue weighted by atomic mass is 10.1. The Kier molecular flexibility index (Phi) is 6.54. The molecule has 0 heterocycles. The number of rotatable bonds is 7. The molecule has 8 heteroatoms. The van der Waals surface area contributed by atoms with E-state index in [1.165, 1.54) is 19.2 Å². The zero-order valence-electron chi connectivity index (χ0n) is 14.8. The van der Waals surface area contributed by atoms with Crippen LogP contribution in [0.15, 0.2) is 36.4 Å². The number of methoxy groups -OCH3 is 1. The van der Waals surface area contributed by atoms with Gasteiger partial charge in [-0.25, -0.2) is 0 Å². The predicted molar refractivity (Wildman–Crippen MR) is 101 cm³/mol. The van der Waals surface area contributed by atoms with Crippen molar-refractivity contribution in [3.8, 4) is 5.75 Å². The summed E-state index contributed by atoms with van der Waals surface area (Å²) in [5.74, 6) is -0.128. The molecular formula is C18H20ClN3O4. The van der Waals surface area contributed by atoms with Crippen molar-refractivity contribution >= 4 is 28.9 Å². The molecule has 138 valence electrons. The number of aryl methyl sites for hydroxylation is 1. The van der Waals surface area contributed by atoms with Crippen LogP contribution in [-0.4, -0.2) is 36.4 Å². The van der Waals surface area contributed by atoms with E-state index in [0.29, 0.717) is 22.8 Å². The molecule has 0 aliphatic heterocycles. The van der Waals surface area contributed by atoms with E-state index < -0.39 is 4.92 Å². The van der Waals surface area contributed by atoms with Gasteiger partial charge >= 0.3 is 5.69 Å². The maximum Gasteiger partial charge on any atom is 0.311 e. The minimum atomic E-state index is -0.518. The summed E-state index contributed by atoms with van der Waals surface area (Å²) in [6, 6.07) is 10.3. The van der Waals surface area contributed by atoms with Crippen LogP contribution in [0.2, 0.25) is 5.02 Å². The highest BCUT2D eigenvalue weighted by Gasteiger charge is 2.18. The zero-order chi connectivity index (χ0) is 19.3. The highest BCUT2D eigenvalue weighted by molar-refractivity contribution is 6.30. The number of likely N-dealkylation sites (N-methyl/N-ethyl adjacent to an activating group) is 1. The first-order chi connectivity index (χ1) is 12.3. The van der Waals surface area contributed by atoms with Crippen LogP contribution in [0.1, 0.15) is 11.1 Å². The molecule has 0 radical (unpaired) electrons. The second-order valence-corrected chi connectivity index (χ2v) is 6.38. The molecule has 1 amide bonds. The fourth-order valence-electron chi connectivity index (χ4n) is 2.55. The molecule has 0 atom stereocenters. The number of nitrogens with one attached hydrogen (secondary N) is 1. The van der Waals surface area contributed by atoms with E-state index in [1.54, 1.807) is 13.0 Å². The van der Waals surface area contributed by atoms with Crippen molar-refractivity contribution in [1.82, 2.24) is 4.90 Å². The number of hydrogen-bond donors (Lipinski definition) is 1. The highest BCUT2D eigenvalue weighted by Crippen LogP contribution is 2.32. The number of anilines is 1. The number of nitro benzene ring substituents is 1. The third-order valence-electron chi connectivity index (χ3n) is 3.75. The Hall–Kier alpha value is -2.64. The lowest BCUT2D eigenvalue weighted by Crippen LogP contribution is -2.30. The van der Waals surface area contributed by atoms with Crippen molar-refractivity contribution in [2.24, 2.45) is 0 Å². The Bertz CT molecular complexity index is 826. The van der Waals surface area contributed by atoms with Crippen LogP contribution in [-0.2, 0) is 11.3 Å². The van der Waals surface area contributed by atoms with Gasteiger partial charge in [0.05, 0.1) is 18.6 Å². The molecule has 0 saturated carbocycles. The van der Waals surface area contributed by atoms with Crippen molar-refractivity contribution in [1.29, 1.82) is 0 Å². The third kappa shape index (κ3) is 5.18. The molecule has 0 bridgehead atoms. The van der Waals surface area contributed by atoms with Crippen molar-refractivity contribution in [3.05, 3.63) is 62.7 Å². The molecule has 2 aromatic carbocycles. The summed E-state index contributed by atoms with van der Waals surface area (Å²) in [6.45, 7) is 2.42. The molecule has 2 aromatic rings. The van der Waals surface area contributed by atoms with Crippen molar-refractivity contribution in [2.45, 2.75) is 13.5 Å². The third-order valence-corrected chi connectivity index (χ3v) is 3.99. The van der Waals surface area contributed by atoms with E-state index in [4.69, 9.17) is 16.3 Å². The largest absolute Gasteiger partial charge is 0.490 e. The summed E-state index contributed by atoms with van der Waals surface area (Å²) in [4.78, 5) is 24.7. The number of ether oxygens (including phenoxy) is 1. The number of nitro groups is 1. The zero-order valence-corrected chi connectivity index (χ0v) is 15.5. The molecule has 7 nitrogen and oxygen atoms in total. The Morgan fingerprint density at radius 2 is 2.08 bits per heavy atom. The molecule has 26 heavy (non-hydrogen) atoms. The lowest BCUT2D eigenvalue weighted by Gasteiger charge is -2.17. The normalized spacial score (nSPS) is 10.7. The summed E-state index contributed by atoms with van der Waals surface area (Å²) in [5, 5.41) is 14.4. The average Bonchev–Trinajstić information content (AvgIpc) is 2.55. The monoisotopic (exact) mass is 377 g/mol. The van der Waals surface area contributed by atoms with Gasteiger partial charge in [0.25, 0.3) is 0 Å². The molecule has 0 spiro atoms. The Morgan fingerprint density at radius 3 is 2.69 bits per heavy atom. The van der Waals surface area contributed by atoms with Crippen LogP contribution in [0, 0.1) is 17.0 Å². The number of carbonyl (C=O) groups excluding carboxylic acids is 1. The minimum absolute atomic E-state index is 0.100. The van der Waals surface area contributed by atoms with Crippen LogP contribution in [0.5, 0.6) is 5.75 Å². The number of hydrogen-bond acceptors (Lipinski definition) is 5. The standard InChI is InChI=1S/C18H20ClN3O4/c1-12-7-16(22(24)25)17(26-3)9-15(12)20-18(23)11-21(2)10-13-5-4-6-14(19)8-13/h4-9H,10-11H2,1-3H3,(H,20,23). The number of halogens is 1. The van der Waals surface area contributed by atoms with E-state index >= 15 is 0 Å². The molecule has 0 aromatic heterocycles. The van der Waals surface area contributed by atoms with Crippen molar-refractivity contribution in [3.63, 3.8) is 0 Å². The molecular weight excluding hydrogens is 358 g/mol. The molecule has 0 aliphatic rings. The first-order valence-electron chi connectivity index (χ1n) is 7.86. The molecule has 0 unspecified atom stereocenters. The Labute approximate surface area is 156 Å². The smallest absolute Gasteiger partial charge is 0.311 e. The van der Waals surface area contributed by atoms with Gasteiger partial charge in [-0.1, -0.05) is 23.7 Å². The van der Waals surface area contributed by atoms with Gasteiger partial charge in [0, 0.05) is 29.4 Å². The second-order valence-electron chi connectivity index (χ2n) is 5.95. The molecule has 0 fully saturated rings. The van der Waals surface area contributed by atoms with E-state index in [1.807, 2.05) is 30.1 Å². The predicted octanol–water partition coefficient (Wildman–Crippen LogP) is 3.64. The van der Waals surface area contributed by atoms with Crippen LogP contribution in [0.3, 0.4) is 0 Å². The van der Waals surface area contributed by atoms with Gasteiger partial charge in [-0.3, -0.25) is 19.8 Å². The molecule has 0 saturated heterocycles. The van der Waals surface area contributed by atoms with Gasteiger partial charge in [-0.15, -0.1) is 0 Å². The summed E-state index contributed by atoms with van der Waals surface area (Å²) in [5.41, 5.74) is 1.93. The maximum absolute atomic E-state index is 12.3. The van der Waals surface area contributed by atoms with E-state index in [0.717, 1.165) is 5.56 Å². The van der Waals surface area contributed by atoms with Crippen LogP contribution < -0.4 is 10.1 Å². The van der Waals surface area contributed by atoms with Gasteiger partial charge in [-0.2, -0.15) is 0 Å². The average molecular weight is 378 g/mol. The van der Waals surface area contributed by atoms with Crippen molar-refractivity contribution in [2.75, 3.05) is 26.0 Å². The van der Waals surface area contributed by atoms with E-state index in [2.05, 4.69) is 5.32 Å². The van der Waals surface area contributed by atoms with E-state index in [9.17, 15) is 14.9 Å². The van der Waals surface area contributed by atoms with Crippen molar-refractivity contribution < 1.29 is 14.5 Å². The van der Waals surface area contributed by atoms with Gasteiger partial charge in [0.1, 0.15) is 0 Å². The van der Waals surface area contributed by atoms with Gasteiger partial charge in [0.15, 0.2) is 5.75 Å². The number of nitrogens with zero attached hydrogens (tertiary/aromatic N) is 2. The summed E-state index contributed by atoms with van der Waals surface area (Å²) < 4.78 is 5.04. The quantitative estimate of drug-likeness (QED) is 0.588. The number of benzene rings is 2. The lowest BCUT2D eigenvalue weighted by molar-refractivity contribution is -0.385. The number of carbonyl (C=O) groups is 1. The molecule has 0 aliphatic carbocycles.